The molecule has 0 radical (unpaired) electrons. The lowest BCUT2D eigenvalue weighted by Crippen LogP contribution is -2.44. The molecule has 29 heavy (non-hydrogen) atoms. The van der Waals surface area contributed by atoms with Gasteiger partial charge < -0.3 is 20.3 Å². The van der Waals surface area contributed by atoms with Gasteiger partial charge in [-0.1, -0.05) is 42.5 Å². The second-order valence-electron chi connectivity index (χ2n) is 7.06. The maximum Gasteiger partial charge on any atom is 0.241 e. The Bertz CT molecular complexity index is 802. The summed E-state index contributed by atoms with van der Waals surface area (Å²) in [7, 11) is 0. The molecule has 3 rings (SSSR count). The number of benzene rings is 2. The van der Waals surface area contributed by atoms with E-state index in [1.165, 1.54) is 0 Å². The van der Waals surface area contributed by atoms with Crippen LogP contribution < -0.4 is 15.4 Å². The molecular weight excluding hydrogens is 364 g/mol. The minimum Gasteiger partial charge on any atom is -0.489 e. The normalized spacial score (nSPS) is 14.0. The first-order chi connectivity index (χ1) is 14.2. The molecule has 0 atom stereocenters. The standard InChI is InChI=1S/C23H30N4O2/c1-2-24-23(26-17-22(28)27-13-6-7-14-27)25-16-20-11-8-12-21(15-20)29-18-19-9-4-3-5-10-19/h3-5,8-12,15H,2,6-7,13-14,16-18H2,1H3,(H2,24,25,26). The lowest BCUT2D eigenvalue weighted by atomic mass is 10.2. The molecule has 0 spiro atoms. The van der Waals surface area contributed by atoms with Gasteiger partial charge in [0.25, 0.3) is 0 Å². The molecular formula is C23H30N4O2. The number of amides is 1. The molecule has 0 bridgehead atoms. The Balaban J connectivity index is 1.53. The van der Waals surface area contributed by atoms with Gasteiger partial charge in [-0.2, -0.15) is 0 Å². The van der Waals surface area contributed by atoms with E-state index in [9.17, 15) is 4.79 Å². The van der Waals surface area contributed by atoms with Crippen molar-refractivity contribution >= 4 is 11.9 Å². The van der Waals surface area contributed by atoms with Crippen molar-refractivity contribution in [2.75, 3.05) is 26.2 Å². The molecule has 0 aliphatic carbocycles. The molecule has 6 heteroatoms. The minimum atomic E-state index is 0.129. The van der Waals surface area contributed by atoms with Crippen molar-refractivity contribution < 1.29 is 9.53 Å². The van der Waals surface area contributed by atoms with Crippen LogP contribution in [0.1, 0.15) is 30.9 Å². The molecule has 0 aromatic heterocycles. The topological polar surface area (TPSA) is 66.0 Å². The van der Waals surface area contributed by atoms with Gasteiger partial charge in [-0.15, -0.1) is 0 Å². The first-order valence-electron chi connectivity index (χ1n) is 10.3. The fourth-order valence-corrected chi connectivity index (χ4v) is 3.22. The zero-order valence-electron chi connectivity index (χ0n) is 17.1. The molecule has 154 valence electrons. The minimum absolute atomic E-state index is 0.129. The van der Waals surface area contributed by atoms with Gasteiger partial charge >= 0.3 is 0 Å². The van der Waals surface area contributed by atoms with Gasteiger partial charge in [-0.05, 0) is 43.0 Å². The number of rotatable bonds is 8. The summed E-state index contributed by atoms with van der Waals surface area (Å²) in [5, 5.41) is 6.34. The number of hydrogen-bond acceptors (Lipinski definition) is 3. The highest BCUT2D eigenvalue weighted by molar-refractivity contribution is 5.86. The summed E-state index contributed by atoms with van der Waals surface area (Å²) in [4.78, 5) is 18.7. The summed E-state index contributed by atoms with van der Waals surface area (Å²) in [5.41, 5.74) is 2.19. The van der Waals surface area contributed by atoms with E-state index in [2.05, 4.69) is 15.6 Å². The predicted octanol–water partition coefficient (Wildman–Crippen LogP) is 2.94. The summed E-state index contributed by atoms with van der Waals surface area (Å²) in [6, 6.07) is 18.1. The van der Waals surface area contributed by atoms with Gasteiger partial charge in [-0.3, -0.25) is 4.79 Å². The van der Waals surface area contributed by atoms with Gasteiger partial charge in [0.15, 0.2) is 5.96 Å². The third-order valence-electron chi connectivity index (χ3n) is 4.78. The first kappa shape index (κ1) is 20.7. The summed E-state index contributed by atoms with van der Waals surface area (Å²) >= 11 is 0. The largest absolute Gasteiger partial charge is 0.489 e. The Morgan fingerprint density at radius 2 is 1.79 bits per heavy atom. The average Bonchev–Trinajstić information content (AvgIpc) is 3.30. The van der Waals surface area contributed by atoms with Crippen LogP contribution in [0.15, 0.2) is 59.6 Å². The lowest BCUT2D eigenvalue weighted by molar-refractivity contribution is -0.128. The Hall–Kier alpha value is -3.02. The number of nitrogens with zero attached hydrogens (tertiary/aromatic N) is 2. The van der Waals surface area contributed by atoms with E-state index < -0.39 is 0 Å². The molecule has 1 aliphatic rings. The third kappa shape index (κ3) is 6.82. The molecule has 1 amide bonds. The molecule has 0 saturated carbocycles. The molecule has 1 heterocycles. The molecule has 6 nitrogen and oxygen atoms in total. The van der Waals surface area contributed by atoms with Gasteiger partial charge in [0.2, 0.25) is 5.91 Å². The molecule has 0 unspecified atom stereocenters. The molecule has 1 aliphatic heterocycles. The molecule has 2 N–H and O–H groups in total. The van der Waals surface area contributed by atoms with Crippen molar-refractivity contribution in [1.82, 2.24) is 15.5 Å². The zero-order chi connectivity index (χ0) is 20.3. The van der Waals surface area contributed by atoms with E-state index >= 15 is 0 Å². The number of carbonyl (C=O) groups excluding carboxylic acids is 1. The van der Waals surface area contributed by atoms with Crippen molar-refractivity contribution in [2.45, 2.75) is 32.9 Å². The second-order valence-corrected chi connectivity index (χ2v) is 7.06. The van der Waals surface area contributed by atoms with E-state index in [0.717, 1.165) is 49.4 Å². The van der Waals surface area contributed by atoms with Gasteiger partial charge in [-0.25, -0.2) is 4.99 Å². The summed E-state index contributed by atoms with van der Waals surface area (Å²) < 4.78 is 5.89. The quantitative estimate of drug-likeness (QED) is 0.534. The Labute approximate surface area is 173 Å². The number of nitrogens with one attached hydrogen (secondary N) is 2. The molecule has 2 aromatic rings. The number of carbonyl (C=O) groups is 1. The van der Waals surface area contributed by atoms with Crippen molar-refractivity contribution in [3.8, 4) is 5.75 Å². The number of hydrogen-bond donors (Lipinski definition) is 2. The highest BCUT2D eigenvalue weighted by Crippen LogP contribution is 2.16. The SMILES string of the molecule is CCNC(=NCc1cccc(OCc2ccccc2)c1)NCC(=O)N1CCCC1. The van der Waals surface area contributed by atoms with Crippen LogP contribution in [0.4, 0.5) is 0 Å². The van der Waals surface area contributed by atoms with Crippen molar-refractivity contribution in [3.05, 3.63) is 65.7 Å². The summed E-state index contributed by atoms with van der Waals surface area (Å²) in [5.74, 6) is 1.60. The van der Waals surface area contributed by atoms with E-state index in [-0.39, 0.29) is 12.5 Å². The Kier molecular flexibility index (Phi) is 7.92. The highest BCUT2D eigenvalue weighted by Gasteiger charge is 2.17. The zero-order valence-corrected chi connectivity index (χ0v) is 17.1. The fourth-order valence-electron chi connectivity index (χ4n) is 3.22. The molecule has 1 fully saturated rings. The Morgan fingerprint density at radius 3 is 2.55 bits per heavy atom. The second kappa shape index (κ2) is 11.1. The number of ether oxygens (including phenoxy) is 1. The molecule has 2 aromatic carbocycles. The van der Waals surface area contributed by atoms with Gasteiger partial charge in [0.05, 0.1) is 13.1 Å². The average molecular weight is 395 g/mol. The van der Waals surface area contributed by atoms with Crippen LogP contribution in [0.25, 0.3) is 0 Å². The van der Waals surface area contributed by atoms with Crippen LogP contribution in [-0.4, -0.2) is 42.9 Å². The maximum absolute atomic E-state index is 12.2. The van der Waals surface area contributed by atoms with Crippen LogP contribution in [-0.2, 0) is 17.9 Å². The monoisotopic (exact) mass is 394 g/mol. The van der Waals surface area contributed by atoms with E-state index in [0.29, 0.717) is 19.1 Å². The summed E-state index contributed by atoms with van der Waals surface area (Å²) in [6.45, 7) is 5.80. The van der Waals surface area contributed by atoms with Crippen molar-refractivity contribution in [1.29, 1.82) is 0 Å². The smallest absolute Gasteiger partial charge is 0.241 e. The van der Waals surface area contributed by atoms with Crippen LogP contribution in [0, 0.1) is 0 Å². The predicted molar refractivity (Wildman–Crippen MR) is 116 cm³/mol. The van der Waals surface area contributed by atoms with Crippen LogP contribution in [0.5, 0.6) is 5.75 Å². The number of guanidine groups is 1. The fraction of sp³-hybridized carbons (Fsp3) is 0.391. The van der Waals surface area contributed by atoms with E-state index in [1.54, 1.807) is 0 Å². The summed E-state index contributed by atoms with van der Waals surface area (Å²) in [6.07, 6.45) is 2.20. The molecule has 1 saturated heterocycles. The third-order valence-corrected chi connectivity index (χ3v) is 4.78. The lowest BCUT2D eigenvalue weighted by Gasteiger charge is -2.17. The first-order valence-corrected chi connectivity index (χ1v) is 10.3. The van der Waals surface area contributed by atoms with Crippen LogP contribution in [0.2, 0.25) is 0 Å². The van der Waals surface area contributed by atoms with Gasteiger partial charge in [0.1, 0.15) is 12.4 Å². The van der Waals surface area contributed by atoms with Crippen LogP contribution >= 0.6 is 0 Å². The Morgan fingerprint density at radius 1 is 1.03 bits per heavy atom. The number of likely N-dealkylation sites (tertiary alicyclic amines) is 1. The van der Waals surface area contributed by atoms with E-state index in [4.69, 9.17) is 4.74 Å². The van der Waals surface area contributed by atoms with Crippen molar-refractivity contribution in [2.24, 2.45) is 4.99 Å². The van der Waals surface area contributed by atoms with Crippen molar-refractivity contribution in [3.63, 3.8) is 0 Å². The van der Waals surface area contributed by atoms with Crippen LogP contribution in [0.3, 0.4) is 0 Å². The number of aliphatic imine (C=N–C) groups is 1. The van der Waals surface area contributed by atoms with Gasteiger partial charge in [0, 0.05) is 19.6 Å². The highest BCUT2D eigenvalue weighted by atomic mass is 16.5. The maximum atomic E-state index is 12.2. The van der Waals surface area contributed by atoms with E-state index in [1.807, 2.05) is 66.4 Å².